The van der Waals surface area contributed by atoms with Crippen molar-refractivity contribution in [3.05, 3.63) is 64.1 Å². The third-order valence-electron chi connectivity index (χ3n) is 6.05. The van der Waals surface area contributed by atoms with Crippen LogP contribution in [0.5, 0.6) is 5.75 Å². The average Bonchev–Trinajstić information content (AvgIpc) is 3.64. The Morgan fingerprint density at radius 1 is 1.24 bits per heavy atom. The summed E-state index contributed by atoms with van der Waals surface area (Å²) < 4.78 is 20.6. The SMILES string of the molecule is COc1ccc(CN(C(=O)c2snc(C(N)=O)c2N)[C@H](C(=O)NC[C@@H]2CCCO2)c2ccc(C)o2)cc1. The van der Waals surface area contributed by atoms with Crippen molar-refractivity contribution in [3.8, 4) is 5.75 Å². The summed E-state index contributed by atoms with van der Waals surface area (Å²) in [7, 11) is 1.56. The zero-order valence-electron chi connectivity index (χ0n) is 20.6. The summed E-state index contributed by atoms with van der Waals surface area (Å²) >= 11 is 0.751. The molecule has 1 aliphatic heterocycles. The van der Waals surface area contributed by atoms with Crippen LogP contribution in [-0.4, -0.2) is 53.4 Å². The first-order chi connectivity index (χ1) is 17.8. The number of aryl methyl sites for hydroxylation is 1. The largest absolute Gasteiger partial charge is 0.497 e. The Morgan fingerprint density at radius 2 is 2.00 bits per heavy atom. The average molecular weight is 528 g/mol. The van der Waals surface area contributed by atoms with Crippen LogP contribution in [0, 0.1) is 6.92 Å². The van der Waals surface area contributed by atoms with Crippen LogP contribution in [0.3, 0.4) is 0 Å². The van der Waals surface area contributed by atoms with Gasteiger partial charge in [-0.05, 0) is 61.1 Å². The first-order valence-corrected chi connectivity index (χ1v) is 12.5. The van der Waals surface area contributed by atoms with Crippen molar-refractivity contribution >= 4 is 34.9 Å². The van der Waals surface area contributed by atoms with E-state index in [9.17, 15) is 14.4 Å². The number of benzene rings is 1. The van der Waals surface area contributed by atoms with Crippen LogP contribution in [0.25, 0.3) is 0 Å². The monoisotopic (exact) mass is 527 g/mol. The summed E-state index contributed by atoms with van der Waals surface area (Å²) in [5, 5.41) is 2.91. The molecule has 1 aliphatic rings. The summed E-state index contributed by atoms with van der Waals surface area (Å²) in [6.45, 7) is 2.73. The lowest BCUT2D eigenvalue weighted by Gasteiger charge is -2.30. The number of carbonyl (C=O) groups is 3. The number of carbonyl (C=O) groups excluding carboxylic acids is 3. The molecule has 0 bridgehead atoms. The summed E-state index contributed by atoms with van der Waals surface area (Å²) in [4.78, 5) is 40.6. The third-order valence-corrected chi connectivity index (χ3v) is 6.90. The lowest BCUT2D eigenvalue weighted by atomic mass is 10.1. The number of methoxy groups -OCH3 is 1. The maximum atomic E-state index is 13.9. The zero-order valence-corrected chi connectivity index (χ0v) is 21.4. The van der Waals surface area contributed by atoms with Crippen molar-refractivity contribution in [3.63, 3.8) is 0 Å². The Bertz CT molecular complexity index is 1260. The van der Waals surface area contributed by atoms with E-state index in [0.717, 1.165) is 29.9 Å². The topological polar surface area (TPSA) is 163 Å². The van der Waals surface area contributed by atoms with Gasteiger partial charge in [-0.25, -0.2) is 0 Å². The fourth-order valence-corrected chi connectivity index (χ4v) is 4.87. The molecule has 0 radical (unpaired) electrons. The summed E-state index contributed by atoms with van der Waals surface area (Å²) in [6, 6.07) is 9.34. The first kappa shape index (κ1) is 26.2. The number of ether oxygens (including phenoxy) is 2. The van der Waals surface area contributed by atoms with Gasteiger partial charge in [0.25, 0.3) is 17.7 Å². The number of hydrogen-bond donors (Lipinski definition) is 3. The molecule has 3 aromatic rings. The second kappa shape index (κ2) is 11.4. The maximum absolute atomic E-state index is 13.9. The number of nitrogens with zero attached hydrogens (tertiary/aromatic N) is 2. The number of amides is 3. The molecule has 12 heteroatoms. The number of aromatic nitrogens is 1. The number of furan rings is 1. The second-order valence-electron chi connectivity index (χ2n) is 8.65. The van der Waals surface area contributed by atoms with Crippen LogP contribution in [0.4, 0.5) is 5.69 Å². The lowest BCUT2D eigenvalue weighted by Crippen LogP contribution is -2.45. The molecule has 1 aromatic carbocycles. The van der Waals surface area contributed by atoms with Gasteiger partial charge >= 0.3 is 0 Å². The zero-order chi connectivity index (χ0) is 26.5. The van der Waals surface area contributed by atoms with Crippen LogP contribution in [0.2, 0.25) is 0 Å². The molecule has 1 fully saturated rings. The Labute approximate surface area is 217 Å². The van der Waals surface area contributed by atoms with Crippen molar-refractivity contribution in [2.75, 3.05) is 26.0 Å². The van der Waals surface area contributed by atoms with Gasteiger partial charge in [-0.15, -0.1) is 0 Å². The highest BCUT2D eigenvalue weighted by Crippen LogP contribution is 2.31. The highest BCUT2D eigenvalue weighted by atomic mass is 32.1. The van der Waals surface area contributed by atoms with Gasteiger partial charge in [0.15, 0.2) is 11.7 Å². The molecule has 1 saturated heterocycles. The molecule has 0 saturated carbocycles. The predicted octanol–water partition coefficient (Wildman–Crippen LogP) is 2.41. The smallest absolute Gasteiger partial charge is 0.270 e. The first-order valence-electron chi connectivity index (χ1n) is 11.7. The fraction of sp³-hybridized carbons (Fsp3) is 0.360. The molecule has 196 valence electrons. The van der Waals surface area contributed by atoms with Crippen LogP contribution >= 0.6 is 11.5 Å². The van der Waals surface area contributed by atoms with Crippen molar-refractivity contribution in [1.82, 2.24) is 14.6 Å². The summed E-state index contributed by atoms with van der Waals surface area (Å²) in [5.41, 5.74) is 11.8. The summed E-state index contributed by atoms with van der Waals surface area (Å²) in [5.74, 6) is -0.372. The van der Waals surface area contributed by atoms with E-state index >= 15 is 0 Å². The van der Waals surface area contributed by atoms with E-state index in [1.54, 1.807) is 50.4 Å². The van der Waals surface area contributed by atoms with E-state index in [1.165, 1.54) is 4.90 Å². The molecule has 0 unspecified atom stereocenters. The van der Waals surface area contributed by atoms with E-state index in [0.29, 0.717) is 24.7 Å². The molecule has 11 nitrogen and oxygen atoms in total. The van der Waals surface area contributed by atoms with Crippen molar-refractivity contribution in [2.45, 2.75) is 38.5 Å². The van der Waals surface area contributed by atoms with E-state index in [-0.39, 0.29) is 34.7 Å². The molecule has 5 N–H and O–H groups in total. The van der Waals surface area contributed by atoms with Gasteiger partial charge in [0.2, 0.25) is 0 Å². The van der Waals surface area contributed by atoms with Crippen molar-refractivity contribution in [2.24, 2.45) is 5.73 Å². The minimum atomic E-state index is -1.14. The predicted molar refractivity (Wildman–Crippen MR) is 136 cm³/mol. The Hall–Kier alpha value is -3.90. The quantitative estimate of drug-likeness (QED) is 0.362. The maximum Gasteiger partial charge on any atom is 0.270 e. The fourth-order valence-electron chi connectivity index (χ4n) is 4.11. The van der Waals surface area contributed by atoms with Gasteiger partial charge in [0, 0.05) is 19.7 Å². The van der Waals surface area contributed by atoms with Gasteiger partial charge < -0.3 is 35.6 Å². The van der Waals surface area contributed by atoms with Gasteiger partial charge in [0.1, 0.15) is 22.1 Å². The number of rotatable bonds is 10. The van der Waals surface area contributed by atoms with Crippen LogP contribution in [-0.2, 0) is 16.1 Å². The number of nitrogens with one attached hydrogen (secondary N) is 1. The van der Waals surface area contributed by atoms with Gasteiger partial charge in [-0.1, -0.05) is 12.1 Å². The number of hydrogen-bond acceptors (Lipinski definition) is 9. The van der Waals surface area contributed by atoms with E-state index < -0.39 is 23.8 Å². The second-order valence-corrected chi connectivity index (χ2v) is 9.42. The van der Waals surface area contributed by atoms with E-state index in [2.05, 4.69) is 9.69 Å². The minimum Gasteiger partial charge on any atom is -0.497 e. The molecule has 3 heterocycles. The minimum absolute atomic E-state index is 0.00233. The van der Waals surface area contributed by atoms with E-state index in [1.807, 2.05) is 0 Å². The Kier molecular flexibility index (Phi) is 8.09. The molecule has 2 atom stereocenters. The molecule has 37 heavy (non-hydrogen) atoms. The Balaban J connectivity index is 1.73. The normalized spacial score (nSPS) is 15.8. The molecule has 0 spiro atoms. The summed E-state index contributed by atoms with van der Waals surface area (Å²) in [6.07, 6.45) is 1.67. The molecular weight excluding hydrogens is 498 g/mol. The molecule has 2 aromatic heterocycles. The highest BCUT2D eigenvalue weighted by molar-refractivity contribution is 7.09. The van der Waals surface area contributed by atoms with Crippen molar-refractivity contribution < 1.29 is 28.3 Å². The van der Waals surface area contributed by atoms with Gasteiger partial charge in [-0.3, -0.25) is 14.4 Å². The number of primary amides is 1. The Morgan fingerprint density at radius 3 is 2.57 bits per heavy atom. The molecule has 3 amide bonds. The third kappa shape index (κ3) is 5.92. The van der Waals surface area contributed by atoms with E-state index in [4.69, 9.17) is 25.4 Å². The van der Waals surface area contributed by atoms with Gasteiger partial charge in [-0.2, -0.15) is 4.37 Å². The molecular formula is C25H29N5O6S. The lowest BCUT2D eigenvalue weighted by molar-refractivity contribution is -0.127. The standard InChI is InChI=1S/C25H29N5O6S/c1-14-5-10-18(36-14)21(24(32)28-12-17-4-3-11-35-17)30(13-15-6-8-16(34-2)9-7-15)25(33)22-19(26)20(23(27)31)29-37-22/h5-10,17,21H,3-4,11-13,26H2,1-2H3,(H2,27,31)(H,28,32)/t17-,21-/m0/s1. The molecule has 4 rings (SSSR count). The number of nitrogen functional groups attached to an aromatic ring is 1. The van der Waals surface area contributed by atoms with Gasteiger partial charge in [0.05, 0.1) is 18.9 Å². The number of nitrogens with two attached hydrogens (primary N) is 2. The molecule has 0 aliphatic carbocycles. The van der Waals surface area contributed by atoms with Crippen LogP contribution in [0.1, 0.15) is 56.1 Å². The van der Waals surface area contributed by atoms with Crippen molar-refractivity contribution in [1.29, 1.82) is 0 Å². The highest BCUT2D eigenvalue weighted by Gasteiger charge is 2.37. The van der Waals surface area contributed by atoms with Crippen LogP contribution < -0.4 is 21.5 Å². The van der Waals surface area contributed by atoms with Crippen LogP contribution in [0.15, 0.2) is 40.8 Å². The number of anilines is 1.